The Kier molecular flexibility index (Phi) is 4.44. The highest BCUT2D eigenvalue weighted by molar-refractivity contribution is 5.80. The number of rotatable bonds is 5. The first-order valence-corrected chi connectivity index (χ1v) is 5.11. The van der Waals surface area contributed by atoms with Crippen molar-refractivity contribution in [2.75, 3.05) is 5.32 Å². The normalized spacial score (nSPS) is 10.8. The van der Waals surface area contributed by atoms with Crippen LogP contribution in [0.2, 0.25) is 0 Å². The monoisotopic (exact) mass is 259 g/mol. The first-order chi connectivity index (χ1) is 9.01. The Hall–Kier alpha value is -3.06. The van der Waals surface area contributed by atoms with E-state index in [1.807, 2.05) is 0 Å². The number of para-hydroxylation sites is 1. The number of nitro groups is 1. The molecule has 0 radical (unpaired) electrons. The van der Waals surface area contributed by atoms with Crippen LogP contribution in [0.15, 0.2) is 18.2 Å². The molecule has 7 nitrogen and oxygen atoms in total. The van der Waals surface area contributed by atoms with Gasteiger partial charge in [-0.15, -0.1) is 12.3 Å². The number of nitriles is 1. The van der Waals surface area contributed by atoms with Crippen LogP contribution in [-0.4, -0.2) is 22.0 Å². The predicted octanol–water partition coefficient (Wildman–Crippen LogP) is 1.35. The van der Waals surface area contributed by atoms with Gasteiger partial charge in [-0.1, -0.05) is 6.07 Å². The van der Waals surface area contributed by atoms with Crippen molar-refractivity contribution in [3.05, 3.63) is 33.9 Å². The quantitative estimate of drug-likeness (QED) is 0.468. The largest absolute Gasteiger partial charge is 0.480 e. The second kappa shape index (κ2) is 6.03. The number of nitrogens with zero attached hydrogens (tertiary/aromatic N) is 2. The molecule has 0 bridgehead atoms. The molecule has 0 aliphatic rings. The fraction of sp³-hybridized carbons (Fsp3) is 0.167. The molecule has 0 saturated heterocycles. The van der Waals surface area contributed by atoms with Gasteiger partial charge >= 0.3 is 11.7 Å². The smallest absolute Gasteiger partial charge is 0.327 e. The lowest BCUT2D eigenvalue weighted by molar-refractivity contribution is -0.384. The number of benzene rings is 1. The topological polar surface area (TPSA) is 116 Å². The van der Waals surface area contributed by atoms with Crippen molar-refractivity contribution in [1.29, 1.82) is 5.26 Å². The van der Waals surface area contributed by atoms with Gasteiger partial charge in [0, 0.05) is 6.42 Å². The number of anilines is 1. The van der Waals surface area contributed by atoms with Crippen LogP contribution < -0.4 is 5.32 Å². The number of carbonyl (C=O) groups is 1. The highest BCUT2D eigenvalue weighted by Gasteiger charge is 2.24. The molecule has 1 atom stereocenters. The van der Waals surface area contributed by atoms with Crippen LogP contribution in [0.1, 0.15) is 12.0 Å². The van der Waals surface area contributed by atoms with E-state index in [9.17, 15) is 14.9 Å². The number of hydrogen-bond donors (Lipinski definition) is 2. The van der Waals surface area contributed by atoms with E-state index in [4.69, 9.17) is 16.8 Å². The van der Waals surface area contributed by atoms with E-state index in [-0.39, 0.29) is 17.7 Å². The van der Waals surface area contributed by atoms with E-state index in [0.717, 1.165) is 0 Å². The zero-order valence-electron chi connectivity index (χ0n) is 9.66. The summed E-state index contributed by atoms with van der Waals surface area (Å²) in [6.07, 6.45) is 4.90. The molecular formula is C12H9N3O4. The Morgan fingerprint density at radius 3 is 2.79 bits per heavy atom. The molecule has 19 heavy (non-hydrogen) atoms. The van der Waals surface area contributed by atoms with Gasteiger partial charge in [0.05, 0.1) is 4.92 Å². The van der Waals surface area contributed by atoms with E-state index >= 15 is 0 Å². The molecule has 1 aromatic carbocycles. The maximum absolute atomic E-state index is 10.9. The van der Waals surface area contributed by atoms with E-state index < -0.39 is 22.6 Å². The minimum absolute atomic E-state index is 0.0494. The molecule has 1 rings (SSSR count). The lowest BCUT2D eigenvalue weighted by Crippen LogP contribution is -2.29. The number of hydrogen-bond acceptors (Lipinski definition) is 5. The Balaban J connectivity index is 3.21. The minimum Gasteiger partial charge on any atom is -0.480 e. The van der Waals surface area contributed by atoms with Gasteiger partial charge in [0.15, 0.2) is 0 Å². The Morgan fingerprint density at radius 1 is 1.63 bits per heavy atom. The fourth-order valence-corrected chi connectivity index (χ4v) is 1.45. The Bertz CT molecular complexity index is 598. The van der Waals surface area contributed by atoms with Crippen molar-refractivity contribution in [2.45, 2.75) is 12.5 Å². The number of terminal acetylenes is 1. The third-order valence-electron chi connectivity index (χ3n) is 2.29. The standard InChI is InChI=1S/C12H9N3O4/c1-2-4-10(12(16)17)14-9-6-3-5-8(7-13)11(9)15(18)19/h1,3,5-6,10,14H,4H2,(H,16,17). The van der Waals surface area contributed by atoms with Crippen molar-refractivity contribution >= 4 is 17.3 Å². The second-order valence-corrected chi connectivity index (χ2v) is 3.51. The van der Waals surface area contributed by atoms with E-state index in [1.165, 1.54) is 18.2 Å². The zero-order chi connectivity index (χ0) is 14.4. The predicted molar refractivity (Wildman–Crippen MR) is 66.3 cm³/mol. The third-order valence-corrected chi connectivity index (χ3v) is 2.29. The summed E-state index contributed by atoms with van der Waals surface area (Å²) < 4.78 is 0. The van der Waals surface area contributed by atoms with E-state index in [1.54, 1.807) is 6.07 Å². The van der Waals surface area contributed by atoms with Crippen LogP contribution in [-0.2, 0) is 4.79 Å². The SMILES string of the molecule is C#CCC(Nc1cccc(C#N)c1[N+](=O)[O-])C(=O)O. The highest BCUT2D eigenvalue weighted by atomic mass is 16.6. The van der Waals surface area contributed by atoms with Crippen molar-refractivity contribution in [1.82, 2.24) is 0 Å². The van der Waals surface area contributed by atoms with Crippen LogP contribution in [0, 0.1) is 33.8 Å². The fourth-order valence-electron chi connectivity index (χ4n) is 1.45. The Labute approximate surface area is 108 Å². The summed E-state index contributed by atoms with van der Waals surface area (Å²) in [6, 6.07) is 4.55. The molecule has 1 unspecified atom stereocenters. The molecule has 0 saturated carbocycles. The van der Waals surface area contributed by atoms with Crippen molar-refractivity contribution < 1.29 is 14.8 Å². The molecule has 0 aliphatic heterocycles. The minimum atomic E-state index is -1.23. The molecule has 96 valence electrons. The summed E-state index contributed by atoms with van der Waals surface area (Å²) in [4.78, 5) is 21.1. The molecular weight excluding hydrogens is 250 g/mol. The van der Waals surface area contributed by atoms with Gasteiger partial charge in [0.2, 0.25) is 0 Å². The van der Waals surface area contributed by atoms with Crippen LogP contribution in [0.4, 0.5) is 11.4 Å². The highest BCUT2D eigenvalue weighted by Crippen LogP contribution is 2.28. The molecule has 0 amide bonds. The number of carboxylic acid groups (broad SMARTS) is 1. The van der Waals surface area contributed by atoms with Gasteiger partial charge in [-0.05, 0) is 12.1 Å². The summed E-state index contributed by atoms with van der Waals surface area (Å²) in [5, 5.41) is 31.1. The first kappa shape index (κ1) is 14.0. The van der Waals surface area contributed by atoms with Gasteiger partial charge in [0.25, 0.3) is 0 Å². The molecule has 1 aromatic rings. The van der Waals surface area contributed by atoms with Crippen molar-refractivity contribution in [3.63, 3.8) is 0 Å². The van der Waals surface area contributed by atoms with Gasteiger partial charge < -0.3 is 10.4 Å². The molecule has 0 aliphatic carbocycles. The summed E-state index contributed by atoms with van der Waals surface area (Å²) in [6.45, 7) is 0. The third kappa shape index (κ3) is 3.20. The van der Waals surface area contributed by atoms with Crippen molar-refractivity contribution in [2.24, 2.45) is 0 Å². The summed E-state index contributed by atoms with van der Waals surface area (Å²) in [5.74, 6) is 0.941. The van der Waals surface area contributed by atoms with Crippen LogP contribution in [0.5, 0.6) is 0 Å². The van der Waals surface area contributed by atoms with Gasteiger partial charge in [0.1, 0.15) is 23.4 Å². The number of carboxylic acids is 1. The average Bonchev–Trinajstić information content (AvgIpc) is 2.37. The van der Waals surface area contributed by atoms with E-state index in [2.05, 4.69) is 11.2 Å². The van der Waals surface area contributed by atoms with Crippen LogP contribution in [0.25, 0.3) is 0 Å². The molecule has 7 heteroatoms. The van der Waals surface area contributed by atoms with E-state index in [0.29, 0.717) is 0 Å². The van der Waals surface area contributed by atoms with Crippen LogP contribution >= 0.6 is 0 Å². The number of aliphatic carboxylic acids is 1. The molecule has 0 aromatic heterocycles. The maximum Gasteiger partial charge on any atom is 0.327 e. The van der Waals surface area contributed by atoms with Crippen molar-refractivity contribution in [3.8, 4) is 18.4 Å². The second-order valence-electron chi connectivity index (χ2n) is 3.51. The van der Waals surface area contributed by atoms with Gasteiger partial charge in [-0.3, -0.25) is 10.1 Å². The summed E-state index contributed by atoms with van der Waals surface area (Å²) in [5.41, 5.74) is -0.667. The summed E-state index contributed by atoms with van der Waals surface area (Å²) in [7, 11) is 0. The molecule has 0 fully saturated rings. The molecule has 0 spiro atoms. The summed E-state index contributed by atoms with van der Waals surface area (Å²) >= 11 is 0. The lowest BCUT2D eigenvalue weighted by atomic mass is 10.1. The Morgan fingerprint density at radius 2 is 2.32 bits per heavy atom. The van der Waals surface area contributed by atoms with Gasteiger partial charge in [-0.25, -0.2) is 4.79 Å². The average molecular weight is 259 g/mol. The maximum atomic E-state index is 10.9. The zero-order valence-corrected chi connectivity index (χ0v) is 9.66. The molecule has 2 N–H and O–H groups in total. The first-order valence-electron chi connectivity index (χ1n) is 5.11. The number of nitro benzene ring substituents is 1. The number of nitrogens with one attached hydrogen (secondary N) is 1. The molecule has 0 heterocycles. The van der Waals surface area contributed by atoms with Crippen LogP contribution in [0.3, 0.4) is 0 Å². The van der Waals surface area contributed by atoms with Gasteiger partial charge in [-0.2, -0.15) is 5.26 Å². The lowest BCUT2D eigenvalue weighted by Gasteiger charge is -2.13.